The van der Waals surface area contributed by atoms with E-state index in [-0.39, 0.29) is 5.69 Å². The summed E-state index contributed by atoms with van der Waals surface area (Å²) in [5, 5.41) is 4.78. The van der Waals surface area contributed by atoms with Crippen LogP contribution < -0.4 is 10.6 Å². The van der Waals surface area contributed by atoms with E-state index in [4.69, 9.17) is 0 Å². The number of alkyl halides is 3. The van der Waals surface area contributed by atoms with Gasteiger partial charge in [-0.2, -0.15) is 13.2 Å². The summed E-state index contributed by atoms with van der Waals surface area (Å²) in [6.45, 7) is 0. The topological polar surface area (TPSA) is 41.1 Å². The van der Waals surface area contributed by atoms with Crippen molar-refractivity contribution in [2.24, 2.45) is 0 Å². The van der Waals surface area contributed by atoms with Gasteiger partial charge in [0.15, 0.2) is 0 Å². The Morgan fingerprint density at radius 2 is 1.52 bits per heavy atom. The predicted molar refractivity (Wildman–Crippen MR) is 96.3 cm³/mol. The minimum Gasteiger partial charge on any atom is -0.308 e. The Kier molecular flexibility index (Phi) is 5.68. The zero-order valence-electron chi connectivity index (χ0n) is 14.6. The third-order valence-corrected chi connectivity index (χ3v) is 4.73. The van der Waals surface area contributed by atoms with Crippen molar-refractivity contribution in [3.63, 3.8) is 0 Å². The largest absolute Gasteiger partial charge is 0.416 e. The number of nitrogens with one attached hydrogen (secondary N) is 2. The molecule has 0 radical (unpaired) electrons. The molecule has 1 saturated carbocycles. The van der Waals surface area contributed by atoms with E-state index in [1.165, 1.54) is 24.8 Å². The van der Waals surface area contributed by atoms with Crippen LogP contribution in [0.25, 0.3) is 0 Å². The highest BCUT2D eigenvalue weighted by atomic mass is 19.4. The molecule has 0 aromatic heterocycles. The number of anilines is 2. The van der Waals surface area contributed by atoms with Crippen LogP contribution in [0.15, 0.2) is 42.5 Å². The zero-order chi connectivity index (χ0) is 19.4. The maximum atomic E-state index is 13.4. The normalized spacial score (nSPS) is 15.4. The van der Waals surface area contributed by atoms with Crippen LogP contribution in [0.4, 0.5) is 33.7 Å². The van der Waals surface area contributed by atoms with Gasteiger partial charge in [-0.25, -0.2) is 9.18 Å². The van der Waals surface area contributed by atoms with Crippen molar-refractivity contribution in [2.75, 3.05) is 10.6 Å². The van der Waals surface area contributed by atoms with Crippen LogP contribution in [0.2, 0.25) is 0 Å². The third-order valence-electron chi connectivity index (χ3n) is 4.73. The van der Waals surface area contributed by atoms with Gasteiger partial charge in [-0.05, 0) is 54.7 Å². The monoisotopic (exact) mass is 380 g/mol. The van der Waals surface area contributed by atoms with Gasteiger partial charge >= 0.3 is 12.2 Å². The number of carbonyl (C=O) groups is 1. The standard InChI is InChI=1S/C20H20F4N2O/c21-16-10-15(20(22,23)24)11-18(12-16)26-19(27)25-17-8-6-14(7-9-17)13-4-2-1-3-5-13/h6-13H,1-5H2,(H2,25,26,27). The number of benzene rings is 2. The zero-order valence-corrected chi connectivity index (χ0v) is 14.6. The Hall–Kier alpha value is -2.57. The minimum absolute atomic E-state index is 0.265. The van der Waals surface area contributed by atoms with E-state index >= 15 is 0 Å². The lowest BCUT2D eigenvalue weighted by Gasteiger charge is -2.22. The molecule has 3 nitrogen and oxygen atoms in total. The van der Waals surface area contributed by atoms with Gasteiger partial charge in [-0.15, -0.1) is 0 Å². The molecule has 2 aromatic carbocycles. The number of rotatable bonds is 3. The first-order chi connectivity index (χ1) is 12.8. The molecule has 1 aliphatic carbocycles. The second-order valence-corrected chi connectivity index (χ2v) is 6.76. The Balaban J connectivity index is 1.63. The van der Waals surface area contributed by atoms with Gasteiger partial charge in [-0.1, -0.05) is 31.4 Å². The van der Waals surface area contributed by atoms with E-state index in [1.54, 1.807) is 12.1 Å². The van der Waals surface area contributed by atoms with Crippen LogP contribution in [-0.2, 0) is 6.18 Å². The summed E-state index contributed by atoms with van der Waals surface area (Å²) in [6.07, 6.45) is 1.35. The van der Waals surface area contributed by atoms with Crippen molar-refractivity contribution in [1.82, 2.24) is 0 Å². The Morgan fingerprint density at radius 1 is 0.889 bits per heavy atom. The lowest BCUT2D eigenvalue weighted by Crippen LogP contribution is -2.20. The van der Waals surface area contributed by atoms with Crippen molar-refractivity contribution in [1.29, 1.82) is 0 Å². The third kappa shape index (κ3) is 5.21. The van der Waals surface area contributed by atoms with Crippen LogP contribution in [0.1, 0.15) is 49.1 Å². The van der Waals surface area contributed by atoms with Crippen LogP contribution in [0.5, 0.6) is 0 Å². The molecule has 7 heteroatoms. The fourth-order valence-electron chi connectivity index (χ4n) is 3.39. The summed E-state index contributed by atoms with van der Waals surface area (Å²) in [7, 11) is 0. The van der Waals surface area contributed by atoms with Crippen molar-refractivity contribution in [2.45, 2.75) is 44.2 Å². The van der Waals surface area contributed by atoms with Crippen molar-refractivity contribution in [3.8, 4) is 0 Å². The highest BCUT2D eigenvalue weighted by molar-refractivity contribution is 5.99. The number of halogens is 4. The summed E-state index contributed by atoms with van der Waals surface area (Å²) in [4.78, 5) is 12.0. The molecule has 0 heterocycles. The van der Waals surface area contributed by atoms with Gasteiger partial charge in [0.05, 0.1) is 5.56 Å². The SMILES string of the molecule is O=C(Nc1ccc(C2CCCCC2)cc1)Nc1cc(F)cc(C(F)(F)F)c1. The van der Waals surface area contributed by atoms with Gasteiger partial charge in [0.25, 0.3) is 0 Å². The molecule has 27 heavy (non-hydrogen) atoms. The van der Waals surface area contributed by atoms with Crippen LogP contribution in [0, 0.1) is 5.82 Å². The number of hydrogen-bond donors (Lipinski definition) is 2. The Morgan fingerprint density at radius 3 is 2.15 bits per heavy atom. The van der Waals surface area contributed by atoms with Gasteiger partial charge in [0.1, 0.15) is 5.82 Å². The molecule has 144 valence electrons. The molecule has 2 N–H and O–H groups in total. The highest BCUT2D eigenvalue weighted by Crippen LogP contribution is 2.33. The second kappa shape index (κ2) is 7.98. The number of carbonyl (C=O) groups excluding carboxylic acids is 1. The first kappa shape index (κ1) is 19.2. The average Bonchev–Trinajstić information content (AvgIpc) is 2.62. The lowest BCUT2D eigenvalue weighted by molar-refractivity contribution is -0.137. The van der Waals surface area contributed by atoms with Gasteiger partial charge < -0.3 is 10.6 Å². The fourth-order valence-corrected chi connectivity index (χ4v) is 3.39. The molecule has 2 aromatic rings. The first-order valence-corrected chi connectivity index (χ1v) is 8.87. The van der Waals surface area contributed by atoms with E-state index < -0.39 is 23.6 Å². The van der Waals surface area contributed by atoms with Gasteiger partial charge in [0, 0.05) is 11.4 Å². The van der Waals surface area contributed by atoms with E-state index in [1.807, 2.05) is 12.1 Å². The van der Waals surface area contributed by atoms with E-state index in [9.17, 15) is 22.4 Å². The molecule has 1 aliphatic rings. The van der Waals surface area contributed by atoms with Crippen LogP contribution in [0.3, 0.4) is 0 Å². The maximum Gasteiger partial charge on any atom is 0.416 e. The van der Waals surface area contributed by atoms with E-state index in [0.717, 1.165) is 18.9 Å². The average molecular weight is 380 g/mol. The fraction of sp³-hybridized carbons (Fsp3) is 0.350. The minimum atomic E-state index is -4.69. The maximum absolute atomic E-state index is 13.4. The summed E-state index contributed by atoms with van der Waals surface area (Å²) >= 11 is 0. The van der Waals surface area contributed by atoms with Gasteiger partial charge in [0.2, 0.25) is 0 Å². The summed E-state index contributed by atoms with van der Waals surface area (Å²) in [5.74, 6) is -0.535. The summed E-state index contributed by atoms with van der Waals surface area (Å²) in [6, 6.07) is 8.60. The number of amides is 2. The molecule has 0 saturated heterocycles. The van der Waals surface area contributed by atoms with Crippen molar-refractivity contribution >= 4 is 17.4 Å². The molecular weight excluding hydrogens is 360 g/mol. The van der Waals surface area contributed by atoms with Gasteiger partial charge in [-0.3, -0.25) is 0 Å². The predicted octanol–water partition coefficient (Wildman–Crippen LogP) is 6.54. The highest BCUT2D eigenvalue weighted by Gasteiger charge is 2.31. The molecular formula is C20H20F4N2O. The number of hydrogen-bond acceptors (Lipinski definition) is 1. The van der Waals surface area contributed by atoms with E-state index in [2.05, 4.69) is 10.6 Å². The molecule has 0 aliphatic heterocycles. The number of urea groups is 1. The quantitative estimate of drug-likeness (QED) is 0.584. The van der Waals surface area contributed by atoms with Crippen molar-refractivity contribution in [3.05, 3.63) is 59.4 Å². The molecule has 0 bridgehead atoms. The van der Waals surface area contributed by atoms with Crippen LogP contribution in [-0.4, -0.2) is 6.03 Å². The van der Waals surface area contributed by atoms with Crippen LogP contribution >= 0.6 is 0 Å². The Labute approximate surface area is 154 Å². The van der Waals surface area contributed by atoms with Crippen molar-refractivity contribution < 1.29 is 22.4 Å². The molecule has 0 unspecified atom stereocenters. The summed E-state index contributed by atoms with van der Waals surface area (Å²) < 4.78 is 51.6. The smallest absolute Gasteiger partial charge is 0.308 e. The molecule has 3 rings (SSSR count). The molecule has 0 spiro atoms. The molecule has 0 atom stereocenters. The van der Waals surface area contributed by atoms with E-state index in [0.29, 0.717) is 23.7 Å². The molecule has 1 fully saturated rings. The first-order valence-electron chi connectivity index (χ1n) is 8.87. The summed E-state index contributed by atoms with van der Waals surface area (Å²) in [5.41, 5.74) is 0.313. The Bertz CT molecular complexity index is 797. The lowest BCUT2D eigenvalue weighted by atomic mass is 9.84. The molecule has 2 amide bonds. The second-order valence-electron chi connectivity index (χ2n) is 6.76.